The third kappa shape index (κ3) is 13.9. The number of primary amides is 2. The van der Waals surface area contributed by atoms with E-state index in [0.717, 1.165) is 112 Å². The Hall–Kier alpha value is -9.69. The lowest BCUT2D eigenvalue weighted by Crippen LogP contribution is -2.46. The van der Waals surface area contributed by atoms with Crippen molar-refractivity contribution < 1.29 is 28.5 Å². The summed E-state index contributed by atoms with van der Waals surface area (Å²) in [6, 6.07) is 35.9. The summed E-state index contributed by atoms with van der Waals surface area (Å²) in [5.74, 6) is 2.16. The summed E-state index contributed by atoms with van der Waals surface area (Å²) in [6.07, 6.45) is 6.27. The summed E-state index contributed by atoms with van der Waals surface area (Å²) in [5, 5.41) is 27.2. The van der Waals surface area contributed by atoms with Crippen LogP contribution in [0.25, 0.3) is 21.8 Å². The van der Waals surface area contributed by atoms with E-state index in [1.165, 1.54) is 34.6 Å². The smallest absolute Gasteiger partial charge is 0.252 e. The van der Waals surface area contributed by atoms with Crippen LogP contribution in [0.4, 0.5) is 34.3 Å². The lowest BCUT2D eigenvalue weighted by molar-refractivity contribution is 0.0992. The maximum Gasteiger partial charge on any atom is 0.252 e. The minimum Gasteiger partial charge on any atom is -0.490 e. The number of carbonyl (C=O) groups excluding carboxylic acids is 2. The molecule has 2 amide bonds. The number of aromatic nitrogens is 3. The molecule has 0 spiro atoms. The van der Waals surface area contributed by atoms with Gasteiger partial charge in [0, 0.05) is 118 Å². The Labute approximate surface area is 503 Å². The minimum atomic E-state index is -0.562. The van der Waals surface area contributed by atoms with Crippen molar-refractivity contribution in [3.05, 3.63) is 160 Å². The molecule has 2 saturated heterocycles. The second-order valence-corrected chi connectivity index (χ2v) is 20.7. The van der Waals surface area contributed by atoms with Crippen molar-refractivity contribution in [3.8, 4) is 35.1 Å². The van der Waals surface area contributed by atoms with Gasteiger partial charge >= 0.3 is 0 Å². The summed E-state index contributed by atoms with van der Waals surface area (Å²) in [4.78, 5) is 48.0. The molecule has 0 saturated carbocycles. The Morgan fingerprint density at radius 3 is 1.38 bits per heavy atom. The Morgan fingerprint density at radius 2 is 0.977 bits per heavy atom. The van der Waals surface area contributed by atoms with Gasteiger partial charge in [0.05, 0.1) is 76.8 Å². The predicted octanol–water partition coefficient (Wildman–Crippen LogP) is 10.7. The number of nitrogens with two attached hydrogens (primary N) is 2. The molecule has 0 atom stereocenters. The van der Waals surface area contributed by atoms with Crippen LogP contribution in [0.2, 0.25) is 0 Å². The summed E-state index contributed by atoms with van der Waals surface area (Å²) >= 11 is 0. The van der Waals surface area contributed by atoms with E-state index in [9.17, 15) is 14.9 Å². The molecule has 6 N–H and O–H groups in total. The molecule has 19 heteroatoms. The maximum absolute atomic E-state index is 12.5. The first kappa shape index (κ1) is 60.9. The van der Waals surface area contributed by atoms with Crippen molar-refractivity contribution in [2.75, 3.05) is 99.2 Å². The van der Waals surface area contributed by atoms with Crippen molar-refractivity contribution >= 4 is 67.9 Å². The van der Waals surface area contributed by atoms with E-state index in [1.54, 1.807) is 6.20 Å². The lowest BCUT2D eigenvalue weighted by atomic mass is 10.0. The van der Waals surface area contributed by atoms with Gasteiger partial charge in [-0.25, -0.2) is 4.98 Å². The first-order valence-electron chi connectivity index (χ1n) is 29.5. The highest BCUT2D eigenvalue weighted by molar-refractivity contribution is 6.09. The summed E-state index contributed by atoms with van der Waals surface area (Å²) in [7, 11) is 0. The molecule has 5 aromatic carbocycles. The van der Waals surface area contributed by atoms with Gasteiger partial charge < -0.3 is 50.8 Å². The highest BCUT2D eigenvalue weighted by Crippen LogP contribution is 2.41. The van der Waals surface area contributed by atoms with Crippen molar-refractivity contribution in [2.45, 2.75) is 67.5 Å². The van der Waals surface area contributed by atoms with Gasteiger partial charge in [0.1, 0.15) is 18.0 Å². The van der Waals surface area contributed by atoms with Crippen molar-refractivity contribution in [1.82, 2.24) is 24.8 Å². The summed E-state index contributed by atoms with van der Waals surface area (Å²) in [6.45, 7) is 22.5. The number of fused-ring (bicyclic) bond motifs is 2. The van der Waals surface area contributed by atoms with E-state index in [1.807, 2.05) is 113 Å². The van der Waals surface area contributed by atoms with Gasteiger partial charge in [-0.1, -0.05) is 50.2 Å². The van der Waals surface area contributed by atoms with Gasteiger partial charge in [0.25, 0.3) is 11.8 Å². The van der Waals surface area contributed by atoms with Gasteiger partial charge in [-0.2, -0.15) is 10.5 Å². The fraction of sp³-hybridized carbons (Fsp3) is 0.328. The van der Waals surface area contributed by atoms with Crippen molar-refractivity contribution in [1.29, 1.82) is 10.5 Å². The molecule has 2 aliphatic rings. The number of anilines is 6. The topological polar surface area (TPSA) is 246 Å². The monoisotopic (exact) mass is 1160 g/mol. The third-order valence-corrected chi connectivity index (χ3v) is 15.5. The number of benzene rings is 5. The van der Waals surface area contributed by atoms with Crippen LogP contribution in [-0.4, -0.2) is 115 Å². The second kappa shape index (κ2) is 28.7. The molecule has 5 heterocycles. The fourth-order valence-corrected chi connectivity index (χ4v) is 11.3. The number of piperazine rings is 2. The van der Waals surface area contributed by atoms with Crippen LogP contribution in [0.15, 0.2) is 116 Å². The number of pyridine rings is 3. The SMILES string of the molecule is CCOc1cc2ncc(C(N)=O)c(Nc3cccc(CN4CCN(c5ccc(C#N)cn5)CC4)c3CC)c2cc1OCC.CCOc1cc2ncc(C(N)=O)c(Nc3cccc(CN4CCN(c5ccccc5C#N)CC4)c3CC)c2cc1OCC. The zero-order valence-electron chi connectivity index (χ0n) is 49.9. The number of hydrogen-bond donors (Lipinski definition) is 4. The zero-order valence-corrected chi connectivity index (χ0v) is 49.9. The minimum absolute atomic E-state index is 0.305. The van der Waals surface area contributed by atoms with Gasteiger partial charge in [-0.05, 0) is 111 Å². The van der Waals surface area contributed by atoms with Gasteiger partial charge in [0.15, 0.2) is 23.0 Å². The molecule has 0 unspecified atom stereocenters. The predicted molar refractivity (Wildman–Crippen MR) is 338 cm³/mol. The number of rotatable bonds is 22. The second-order valence-electron chi connectivity index (χ2n) is 20.7. The van der Waals surface area contributed by atoms with Crippen LogP contribution in [-0.2, 0) is 25.9 Å². The van der Waals surface area contributed by atoms with Crippen LogP contribution in [0.1, 0.15) is 95.6 Å². The Bertz CT molecular complexity index is 3790. The normalized spacial score (nSPS) is 13.5. The lowest BCUT2D eigenvalue weighted by Gasteiger charge is -2.36. The molecule has 3 aromatic heterocycles. The molecule has 19 nitrogen and oxygen atoms in total. The molecule has 444 valence electrons. The van der Waals surface area contributed by atoms with E-state index in [4.69, 9.17) is 35.7 Å². The van der Waals surface area contributed by atoms with Gasteiger partial charge in [-0.15, -0.1) is 0 Å². The standard InChI is InChI=1S/C34H38N6O3.C33H37N7O3/c1-4-25-24(22-39-14-16-40(17-15-39)30-13-8-7-10-23(30)20-35)11-9-12-28(25)38-33-26-18-31(42-5-2)32(43-6-3)19-29(26)37-21-27(33)34(36)41;1-4-24-23(21-39-12-14-40(15-13-39)31-11-10-22(18-34)19-37-31)8-7-9-27(24)38-32-25-16-29(42-5-2)30(43-6-3)17-28(25)36-20-26(32)33(35)41/h7-13,18-19,21H,4-6,14-17,22H2,1-3H3,(H2,36,41)(H,37,38);7-11,16-17,19-20H,4-6,12-15,21H2,1-3H3,(H2,35,41)(H,36,38). The van der Waals surface area contributed by atoms with Crippen LogP contribution in [0, 0.1) is 22.7 Å². The largest absolute Gasteiger partial charge is 0.490 e. The number of nitrogens with zero attached hydrogens (tertiary/aromatic N) is 9. The van der Waals surface area contributed by atoms with Gasteiger partial charge in [-0.3, -0.25) is 29.4 Å². The van der Waals surface area contributed by atoms with E-state index in [0.29, 0.717) is 94.1 Å². The number of nitrogens with one attached hydrogen (secondary N) is 2. The number of nitriles is 2. The average molecular weight is 1160 g/mol. The maximum atomic E-state index is 12.5. The van der Waals surface area contributed by atoms with Crippen LogP contribution < -0.4 is 50.8 Å². The molecule has 10 rings (SSSR count). The average Bonchev–Trinajstić information content (AvgIpc) is 1.50. The molecule has 0 bridgehead atoms. The zero-order chi connectivity index (χ0) is 60.7. The Kier molecular flexibility index (Phi) is 20.3. The number of para-hydroxylation sites is 1. The summed E-state index contributed by atoms with van der Waals surface area (Å²) in [5.41, 5.74) is 23.7. The number of amides is 2. The van der Waals surface area contributed by atoms with E-state index >= 15 is 0 Å². The molecule has 86 heavy (non-hydrogen) atoms. The third-order valence-electron chi connectivity index (χ3n) is 15.5. The van der Waals surface area contributed by atoms with Crippen molar-refractivity contribution in [2.24, 2.45) is 11.5 Å². The first-order chi connectivity index (χ1) is 41.9. The number of hydrogen-bond acceptors (Lipinski definition) is 17. The Balaban J connectivity index is 0.000000205. The molecule has 2 fully saturated rings. The molecular weight excluding hydrogens is 1080 g/mol. The molecule has 0 radical (unpaired) electrons. The fourth-order valence-electron chi connectivity index (χ4n) is 11.3. The van der Waals surface area contributed by atoms with Crippen LogP contribution in [0.3, 0.4) is 0 Å². The molecular formula is C67H75N13O6. The quantitative estimate of drug-likeness (QED) is 0.0493. The number of ether oxygens (including phenoxy) is 4. The Morgan fingerprint density at radius 1 is 0.523 bits per heavy atom. The van der Waals surface area contributed by atoms with Gasteiger partial charge in [0.2, 0.25) is 0 Å². The molecule has 2 aliphatic heterocycles. The summed E-state index contributed by atoms with van der Waals surface area (Å²) < 4.78 is 23.4. The van der Waals surface area contributed by atoms with E-state index < -0.39 is 11.8 Å². The van der Waals surface area contributed by atoms with Crippen LogP contribution >= 0.6 is 0 Å². The highest BCUT2D eigenvalue weighted by Gasteiger charge is 2.25. The van der Waals surface area contributed by atoms with Crippen molar-refractivity contribution in [3.63, 3.8) is 0 Å². The first-order valence-corrected chi connectivity index (χ1v) is 29.5. The number of carbonyl (C=O) groups is 2. The molecule has 0 aliphatic carbocycles. The highest BCUT2D eigenvalue weighted by atomic mass is 16.5. The van der Waals surface area contributed by atoms with E-state index in [2.05, 4.69) is 83.3 Å². The van der Waals surface area contributed by atoms with E-state index in [-0.39, 0.29) is 0 Å². The molecule has 8 aromatic rings. The van der Waals surface area contributed by atoms with Crippen LogP contribution in [0.5, 0.6) is 23.0 Å².